The molecule has 5 atom stereocenters. The molecule has 4 aliphatic heterocycles. The van der Waals surface area contributed by atoms with Crippen LogP contribution in [-0.4, -0.2) is 56.8 Å². The number of benzene rings is 1. The van der Waals surface area contributed by atoms with Gasteiger partial charge in [-0.1, -0.05) is 36.2 Å². The monoisotopic (exact) mass is 383 g/mol. The van der Waals surface area contributed by atoms with Gasteiger partial charge in [0.15, 0.2) is 11.8 Å². The van der Waals surface area contributed by atoms with Crippen molar-refractivity contribution >= 4 is 36.1 Å². The molecular formula is C21H23N2O3S+. The largest absolute Gasteiger partial charge is 0.341 e. The number of nitrogens with zero attached hydrogens (tertiary/aromatic N) is 2. The first-order chi connectivity index (χ1) is 13.0. The van der Waals surface area contributed by atoms with Crippen molar-refractivity contribution in [3.63, 3.8) is 0 Å². The van der Waals surface area contributed by atoms with E-state index in [1.807, 2.05) is 35.5 Å². The van der Waals surface area contributed by atoms with Crippen LogP contribution in [0.3, 0.4) is 0 Å². The molecule has 0 aromatic heterocycles. The number of likely N-dealkylation sites (tertiary alicyclic amines) is 1. The van der Waals surface area contributed by atoms with E-state index < -0.39 is 10.8 Å². The highest BCUT2D eigenvalue weighted by Crippen LogP contribution is 2.59. The molecule has 3 unspecified atom stereocenters. The van der Waals surface area contributed by atoms with Crippen LogP contribution in [-0.2, 0) is 20.8 Å². The molecule has 0 N–H and O–H groups in total. The lowest BCUT2D eigenvalue weighted by molar-refractivity contribution is -0.781. The summed E-state index contributed by atoms with van der Waals surface area (Å²) in [6, 6.07) is 7.60. The highest BCUT2D eigenvalue weighted by Gasteiger charge is 2.71. The van der Waals surface area contributed by atoms with Crippen molar-refractivity contribution in [2.24, 2.45) is 0 Å². The number of amides is 2. The second kappa shape index (κ2) is 5.87. The van der Waals surface area contributed by atoms with E-state index in [1.165, 1.54) is 17.5 Å². The van der Waals surface area contributed by atoms with Crippen LogP contribution in [0.5, 0.6) is 0 Å². The SMILES string of the molecule is C[C@@H]1CCC[N+]1(C=O)C(=O)[C@H]1N2CCC1(C(=O)C1=Cc3ccccc3C1)S2. The summed E-state index contributed by atoms with van der Waals surface area (Å²) in [5.74, 6) is 0.0161. The van der Waals surface area contributed by atoms with E-state index in [4.69, 9.17) is 0 Å². The molecule has 27 heavy (non-hydrogen) atoms. The molecule has 2 bridgehead atoms. The van der Waals surface area contributed by atoms with Gasteiger partial charge < -0.3 is 0 Å². The topological polar surface area (TPSA) is 54.5 Å². The van der Waals surface area contributed by atoms with Gasteiger partial charge in [-0.05, 0) is 30.5 Å². The Morgan fingerprint density at radius 3 is 2.81 bits per heavy atom. The Labute approximate surface area is 163 Å². The minimum atomic E-state index is -0.707. The molecule has 0 radical (unpaired) electrons. The van der Waals surface area contributed by atoms with Crippen LogP contribution in [0.4, 0.5) is 0 Å². The number of allylic oxidation sites excluding steroid dienone is 1. The zero-order valence-electron chi connectivity index (χ0n) is 15.4. The highest BCUT2D eigenvalue weighted by atomic mass is 32.2. The number of hydrogen-bond acceptors (Lipinski definition) is 5. The minimum Gasteiger partial charge on any atom is -0.293 e. The minimum absolute atomic E-state index is 0.00306. The standard InChI is InChI=1S/C21H23N2O3S/c1-14-5-4-10-23(14,13-24)20(26)18-21(8-9-22(18)27-21)19(25)17-11-15-6-2-3-7-16(15)12-17/h2-3,6-7,11,13-14,18H,4-5,8-10,12H2,1H3/q+1/t14-,18-,21?,23?/m1/s1. The average Bonchev–Trinajstić information content (AvgIpc) is 3.42. The van der Waals surface area contributed by atoms with Crippen LogP contribution < -0.4 is 0 Å². The smallest absolute Gasteiger partial charge is 0.293 e. The molecule has 4 fully saturated rings. The molecule has 1 aromatic rings. The Balaban J connectivity index is 1.46. The average molecular weight is 383 g/mol. The molecule has 4 heterocycles. The van der Waals surface area contributed by atoms with E-state index in [0.29, 0.717) is 19.4 Å². The van der Waals surface area contributed by atoms with Gasteiger partial charge >= 0.3 is 12.3 Å². The summed E-state index contributed by atoms with van der Waals surface area (Å²) in [6.07, 6.45) is 5.90. The second-order valence-electron chi connectivity index (χ2n) is 8.24. The maximum absolute atomic E-state index is 13.5. The number of hydrogen-bond donors (Lipinski definition) is 0. The predicted octanol–water partition coefficient (Wildman–Crippen LogP) is 2.35. The van der Waals surface area contributed by atoms with E-state index in [9.17, 15) is 14.4 Å². The van der Waals surface area contributed by atoms with E-state index in [1.54, 1.807) is 0 Å². The van der Waals surface area contributed by atoms with Crippen molar-refractivity contribution in [1.29, 1.82) is 0 Å². The zero-order valence-corrected chi connectivity index (χ0v) is 16.2. The normalized spacial score (nSPS) is 38.9. The summed E-state index contributed by atoms with van der Waals surface area (Å²) in [7, 11) is 0. The summed E-state index contributed by atoms with van der Waals surface area (Å²) in [5.41, 5.74) is 3.07. The number of quaternary nitrogens is 1. The van der Waals surface area contributed by atoms with Crippen LogP contribution in [0, 0.1) is 0 Å². The van der Waals surface area contributed by atoms with Gasteiger partial charge in [0.2, 0.25) is 0 Å². The number of imide groups is 1. The third kappa shape index (κ3) is 2.18. The van der Waals surface area contributed by atoms with Crippen molar-refractivity contribution in [3.8, 4) is 0 Å². The van der Waals surface area contributed by atoms with E-state index in [2.05, 4.69) is 6.07 Å². The van der Waals surface area contributed by atoms with Crippen molar-refractivity contribution in [2.45, 2.75) is 49.4 Å². The van der Waals surface area contributed by atoms with Crippen molar-refractivity contribution in [1.82, 2.24) is 4.31 Å². The van der Waals surface area contributed by atoms with Crippen molar-refractivity contribution in [2.75, 3.05) is 13.1 Å². The molecule has 5 aliphatic rings. The lowest BCUT2D eigenvalue weighted by atomic mass is 9.87. The Hall–Kier alpha value is -1.76. The van der Waals surface area contributed by atoms with E-state index in [-0.39, 0.29) is 22.2 Å². The number of ketones is 1. The predicted molar refractivity (Wildman–Crippen MR) is 103 cm³/mol. The third-order valence-corrected chi connectivity index (χ3v) is 8.49. The Morgan fingerprint density at radius 2 is 2.15 bits per heavy atom. The Morgan fingerprint density at radius 1 is 1.33 bits per heavy atom. The van der Waals surface area contributed by atoms with Crippen molar-refractivity contribution in [3.05, 3.63) is 41.0 Å². The molecule has 0 spiro atoms. The number of rotatable bonds is 4. The zero-order chi connectivity index (χ0) is 18.8. The Kier molecular flexibility index (Phi) is 3.77. The van der Waals surface area contributed by atoms with Gasteiger partial charge in [-0.3, -0.25) is 4.79 Å². The van der Waals surface area contributed by atoms with Gasteiger partial charge in [0.05, 0.1) is 6.54 Å². The van der Waals surface area contributed by atoms with Gasteiger partial charge in [-0.25, -0.2) is 13.9 Å². The van der Waals surface area contributed by atoms with Crippen LogP contribution in [0.2, 0.25) is 0 Å². The molecule has 4 saturated heterocycles. The first kappa shape index (κ1) is 17.3. The van der Waals surface area contributed by atoms with E-state index in [0.717, 1.165) is 36.9 Å². The fourth-order valence-electron chi connectivity index (χ4n) is 5.29. The number of carbonyl (C=O) groups excluding carboxylic acids is 3. The van der Waals surface area contributed by atoms with Gasteiger partial charge in [-0.15, -0.1) is 0 Å². The van der Waals surface area contributed by atoms with E-state index >= 15 is 0 Å². The number of fused-ring (bicyclic) bond motifs is 2. The Bertz CT molecular complexity index is 893. The summed E-state index contributed by atoms with van der Waals surface area (Å²) in [4.78, 5) is 39.0. The van der Waals surface area contributed by atoms with Gasteiger partial charge in [-0.2, -0.15) is 4.48 Å². The van der Waals surface area contributed by atoms with Crippen LogP contribution in [0.25, 0.3) is 6.08 Å². The van der Waals surface area contributed by atoms with Gasteiger partial charge in [0, 0.05) is 31.4 Å². The molecule has 140 valence electrons. The van der Waals surface area contributed by atoms with Crippen molar-refractivity contribution < 1.29 is 18.9 Å². The molecule has 1 aliphatic carbocycles. The maximum atomic E-state index is 13.5. The molecule has 1 aromatic carbocycles. The summed E-state index contributed by atoms with van der Waals surface area (Å²) >= 11 is 1.52. The third-order valence-electron chi connectivity index (χ3n) is 6.92. The van der Waals surface area contributed by atoms with Gasteiger partial charge in [0.25, 0.3) is 0 Å². The summed E-state index contributed by atoms with van der Waals surface area (Å²) in [6.45, 7) is 3.28. The second-order valence-corrected chi connectivity index (χ2v) is 9.62. The molecule has 5 nitrogen and oxygen atoms in total. The van der Waals surface area contributed by atoms with Crippen LogP contribution in [0.15, 0.2) is 29.8 Å². The maximum Gasteiger partial charge on any atom is 0.341 e. The lowest BCUT2D eigenvalue weighted by Gasteiger charge is -2.47. The number of carbonyl (C=O) groups is 3. The molecular weight excluding hydrogens is 360 g/mol. The molecule has 0 saturated carbocycles. The summed E-state index contributed by atoms with van der Waals surface area (Å²) < 4.78 is 1.20. The van der Waals surface area contributed by atoms with Crippen LogP contribution in [0.1, 0.15) is 37.3 Å². The van der Waals surface area contributed by atoms with Gasteiger partial charge in [0.1, 0.15) is 10.8 Å². The van der Waals surface area contributed by atoms with Crippen LogP contribution >= 0.6 is 11.9 Å². The molecule has 6 rings (SSSR count). The number of Topliss-reactive ketones (excluding diaryl/α,β-unsaturated/α-hetero) is 1. The first-order valence-corrected chi connectivity index (χ1v) is 10.5. The lowest BCUT2D eigenvalue weighted by Crippen LogP contribution is -2.69. The highest BCUT2D eigenvalue weighted by molar-refractivity contribution is 8.01. The fourth-order valence-corrected chi connectivity index (χ4v) is 6.83. The quantitative estimate of drug-likeness (QED) is 0.454. The molecule has 6 heteroatoms. The summed E-state index contributed by atoms with van der Waals surface area (Å²) in [5, 5.41) is 0. The fraction of sp³-hybridized carbons (Fsp3) is 0.476. The first-order valence-electron chi connectivity index (χ1n) is 9.69. The molecule has 2 amide bonds.